The molecule has 1 amide bonds. The number of rotatable bonds is 4. The second kappa shape index (κ2) is 7.44. The lowest BCUT2D eigenvalue weighted by Crippen LogP contribution is -2.33. The molecule has 5 nitrogen and oxygen atoms in total. The second-order valence-corrected chi connectivity index (χ2v) is 8.12. The number of nitrogens with zero attached hydrogens (tertiary/aromatic N) is 3. The summed E-state index contributed by atoms with van der Waals surface area (Å²) in [5.41, 5.74) is 9.51. The van der Waals surface area contributed by atoms with Crippen LogP contribution in [0.1, 0.15) is 40.4 Å². The van der Waals surface area contributed by atoms with Crippen LogP contribution in [0.25, 0.3) is 11.0 Å². The van der Waals surface area contributed by atoms with E-state index in [0.717, 1.165) is 42.6 Å². The first kappa shape index (κ1) is 18.2. The van der Waals surface area contributed by atoms with E-state index in [4.69, 9.17) is 5.73 Å². The van der Waals surface area contributed by atoms with Crippen LogP contribution in [0, 0.1) is 0 Å². The molecule has 1 fully saturated rings. The Morgan fingerprint density at radius 2 is 1.93 bits per heavy atom. The third-order valence-electron chi connectivity index (χ3n) is 5.62. The lowest BCUT2D eigenvalue weighted by molar-refractivity contribution is 0.100. The Kier molecular flexibility index (Phi) is 5.02. The highest BCUT2D eigenvalue weighted by atomic mass is 79.9. The van der Waals surface area contributed by atoms with Gasteiger partial charge in [-0.25, -0.2) is 4.98 Å². The molecule has 0 bridgehead atoms. The number of aryl methyl sites for hydroxylation is 1. The number of nitrogens with two attached hydrogens (primary N) is 1. The van der Waals surface area contributed by atoms with Crippen molar-refractivity contribution in [3.63, 3.8) is 0 Å². The molecule has 6 heteroatoms. The standard InChI is InChI=1S/C21H23BrN4O/c1-25-17(12-18-19(22)6-9-24-21(18)25)13-26-10-7-15(8-11-26)14-2-4-16(5-3-14)20(23)27/h2-6,9,12,15H,7-8,10-11,13H2,1H3,(H2,23,27). The molecular weight excluding hydrogens is 404 g/mol. The molecule has 4 rings (SSSR count). The fourth-order valence-corrected chi connectivity index (χ4v) is 4.37. The van der Waals surface area contributed by atoms with Crippen LogP contribution in [-0.2, 0) is 13.6 Å². The van der Waals surface area contributed by atoms with Crippen molar-refractivity contribution in [2.45, 2.75) is 25.3 Å². The molecule has 0 unspecified atom stereocenters. The molecular formula is C21H23BrN4O. The SMILES string of the molecule is Cn1c(CN2CCC(c3ccc(C(N)=O)cc3)CC2)cc2c(Br)ccnc21. The fourth-order valence-electron chi connectivity index (χ4n) is 3.96. The molecule has 1 aromatic carbocycles. The van der Waals surface area contributed by atoms with E-state index >= 15 is 0 Å². The number of primary amides is 1. The number of hydrogen-bond acceptors (Lipinski definition) is 3. The lowest BCUT2D eigenvalue weighted by atomic mass is 9.89. The van der Waals surface area contributed by atoms with Crippen molar-refractivity contribution in [2.75, 3.05) is 13.1 Å². The zero-order valence-electron chi connectivity index (χ0n) is 15.4. The summed E-state index contributed by atoms with van der Waals surface area (Å²) in [6.07, 6.45) is 4.09. The highest BCUT2D eigenvalue weighted by Crippen LogP contribution is 2.30. The van der Waals surface area contributed by atoms with Gasteiger partial charge in [0.1, 0.15) is 5.65 Å². The Bertz CT molecular complexity index is 972. The van der Waals surface area contributed by atoms with E-state index in [9.17, 15) is 4.79 Å². The first-order valence-corrected chi connectivity index (χ1v) is 10.0. The summed E-state index contributed by atoms with van der Waals surface area (Å²) >= 11 is 3.62. The Labute approximate surface area is 167 Å². The van der Waals surface area contributed by atoms with E-state index in [1.54, 1.807) is 0 Å². The Hall–Kier alpha value is -2.18. The number of fused-ring (bicyclic) bond motifs is 1. The maximum Gasteiger partial charge on any atom is 0.248 e. The van der Waals surface area contributed by atoms with Crippen LogP contribution in [-0.4, -0.2) is 33.4 Å². The molecule has 0 aliphatic carbocycles. The van der Waals surface area contributed by atoms with Crippen molar-refractivity contribution in [3.05, 3.63) is 63.9 Å². The van der Waals surface area contributed by atoms with Crippen molar-refractivity contribution in [1.82, 2.24) is 14.5 Å². The Balaban J connectivity index is 1.42. The number of halogens is 1. The monoisotopic (exact) mass is 426 g/mol. The van der Waals surface area contributed by atoms with Gasteiger partial charge < -0.3 is 10.3 Å². The molecule has 3 aromatic rings. The van der Waals surface area contributed by atoms with Crippen LogP contribution in [0.5, 0.6) is 0 Å². The molecule has 0 saturated carbocycles. The highest BCUT2D eigenvalue weighted by Gasteiger charge is 2.22. The Morgan fingerprint density at radius 1 is 1.22 bits per heavy atom. The van der Waals surface area contributed by atoms with Crippen molar-refractivity contribution < 1.29 is 4.79 Å². The van der Waals surface area contributed by atoms with E-state index in [2.05, 4.69) is 43.5 Å². The van der Waals surface area contributed by atoms with E-state index in [1.807, 2.05) is 36.5 Å². The van der Waals surface area contributed by atoms with Crippen LogP contribution in [0.4, 0.5) is 0 Å². The number of amides is 1. The first-order valence-electron chi connectivity index (χ1n) is 9.24. The summed E-state index contributed by atoms with van der Waals surface area (Å²) in [5.74, 6) is 0.180. The van der Waals surface area contributed by atoms with Crippen molar-refractivity contribution >= 4 is 32.9 Å². The molecule has 0 spiro atoms. The van der Waals surface area contributed by atoms with Gasteiger partial charge in [-0.15, -0.1) is 0 Å². The van der Waals surface area contributed by atoms with E-state index in [1.165, 1.54) is 16.6 Å². The van der Waals surface area contributed by atoms with Crippen LogP contribution < -0.4 is 5.73 Å². The van der Waals surface area contributed by atoms with Crippen molar-refractivity contribution in [3.8, 4) is 0 Å². The maximum atomic E-state index is 11.2. The molecule has 2 aromatic heterocycles. The van der Waals surface area contributed by atoms with Gasteiger partial charge in [-0.2, -0.15) is 0 Å². The van der Waals surface area contributed by atoms with Gasteiger partial charge in [0, 0.05) is 40.9 Å². The summed E-state index contributed by atoms with van der Waals surface area (Å²) in [5, 5.41) is 1.17. The van der Waals surface area contributed by atoms with E-state index in [-0.39, 0.29) is 5.91 Å². The van der Waals surface area contributed by atoms with Crippen LogP contribution >= 0.6 is 15.9 Å². The fraction of sp³-hybridized carbons (Fsp3) is 0.333. The smallest absolute Gasteiger partial charge is 0.248 e. The largest absolute Gasteiger partial charge is 0.366 e. The number of carbonyl (C=O) groups is 1. The van der Waals surface area contributed by atoms with E-state index < -0.39 is 0 Å². The van der Waals surface area contributed by atoms with Gasteiger partial charge in [-0.3, -0.25) is 9.69 Å². The summed E-state index contributed by atoms with van der Waals surface area (Å²) in [6, 6.07) is 12.0. The molecule has 1 saturated heterocycles. The zero-order chi connectivity index (χ0) is 19.0. The lowest BCUT2D eigenvalue weighted by Gasteiger charge is -2.32. The van der Waals surface area contributed by atoms with Crippen molar-refractivity contribution in [2.24, 2.45) is 12.8 Å². The summed E-state index contributed by atoms with van der Waals surface area (Å²) < 4.78 is 3.28. The zero-order valence-corrected chi connectivity index (χ0v) is 16.9. The minimum atomic E-state index is -0.368. The minimum Gasteiger partial charge on any atom is -0.366 e. The summed E-state index contributed by atoms with van der Waals surface area (Å²) in [6.45, 7) is 3.07. The number of aromatic nitrogens is 2. The number of piperidine rings is 1. The highest BCUT2D eigenvalue weighted by molar-refractivity contribution is 9.10. The summed E-state index contributed by atoms with van der Waals surface area (Å²) in [4.78, 5) is 18.2. The molecule has 1 aliphatic heterocycles. The normalized spacial score (nSPS) is 16.1. The van der Waals surface area contributed by atoms with Gasteiger partial charge in [0.2, 0.25) is 5.91 Å². The van der Waals surface area contributed by atoms with Gasteiger partial charge in [0.05, 0.1) is 0 Å². The first-order chi connectivity index (χ1) is 13.0. The molecule has 140 valence electrons. The van der Waals surface area contributed by atoms with Crippen LogP contribution in [0.3, 0.4) is 0 Å². The third kappa shape index (κ3) is 3.64. The average molecular weight is 427 g/mol. The molecule has 0 atom stereocenters. The number of carbonyl (C=O) groups excluding carboxylic acids is 1. The molecule has 1 aliphatic rings. The van der Waals surface area contributed by atoms with Crippen molar-refractivity contribution in [1.29, 1.82) is 0 Å². The third-order valence-corrected chi connectivity index (χ3v) is 6.31. The predicted octanol–water partition coefficient (Wildman–Crippen LogP) is 3.81. The number of likely N-dealkylation sites (tertiary alicyclic amines) is 1. The van der Waals surface area contributed by atoms with Gasteiger partial charge in [-0.1, -0.05) is 12.1 Å². The Morgan fingerprint density at radius 3 is 2.56 bits per heavy atom. The quantitative estimate of drug-likeness (QED) is 0.689. The minimum absolute atomic E-state index is 0.368. The molecule has 2 N–H and O–H groups in total. The second-order valence-electron chi connectivity index (χ2n) is 7.26. The van der Waals surface area contributed by atoms with Crippen LogP contribution in [0.2, 0.25) is 0 Å². The topological polar surface area (TPSA) is 64.2 Å². The molecule has 0 radical (unpaired) electrons. The maximum absolute atomic E-state index is 11.2. The summed E-state index contributed by atoms with van der Waals surface area (Å²) in [7, 11) is 2.09. The van der Waals surface area contributed by atoms with Gasteiger partial charge in [-0.05, 0) is 77.6 Å². The average Bonchev–Trinajstić information content (AvgIpc) is 3.00. The molecule has 27 heavy (non-hydrogen) atoms. The van der Waals surface area contributed by atoms with E-state index in [0.29, 0.717) is 11.5 Å². The van der Waals surface area contributed by atoms with Crippen LogP contribution in [0.15, 0.2) is 47.1 Å². The van der Waals surface area contributed by atoms with Gasteiger partial charge >= 0.3 is 0 Å². The molecule has 3 heterocycles. The predicted molar refractivity (Wildman–Crippen MR) is 111 cm³/mol. The van der Waals surface area contributed by atoms with Gasteiger partial charge in [0.15, 0.2) is 0 Å². The number of benzene rings is 1. The van der Waals surface area contributed by atoms with Gasteiger partial charge in [0.25, 0.3) is 0 Å². The number of hydrogen-bond donors (Lipinski definition) is 1. The number of pyridine rings is 1.